The van der Waals surface area contributed by atoms with E-state index in [-0.39, 0.29) is 5.43 Å². The zero-order chi connectivity index (χ0) is 18.1. The van der Waals surface area contributed by atoms with Crippen molar-refractivity contribution < 1.29 is 0 Å². The molecule has 0 radical (unpaired) electrons. The summed E-state index contributed by atoms with van der Waals surface area (Å²) in [6.07, 6.45) is 0. The van der Waals surface area contributed by atoms with E-state index in [9.17, 15) is 4.79 Å². The summed E-state index contributed by atoms with van der Waals surface area (Å²) in [4.78, 5) is 11.9. The van der Waals surface area contributed by atoms with Crippen LogP contribution in [-0.4, -0.2) is 36.0 Å². The molecule has 0 saturated carbocycles. The number of rotatable bonds is 7. The zero-order valence-electron chi connectivity index (χ0n) is 14.8. The number of hydrogen-bond donors (Lipinski definition) is 4. The Morgan fingerprint density at radius 3 is 2.92 bits per heavy atom. The molecule has 0 bridgehead atoms. The molecular formula is C19H23N5OS. The Kier molecular flexibility index (Phi) is 4.67. The van der Waals surface area contributed by atoms with Crippen LogP contribution in [0.4, 0.5) is 5.69 Å². The van der Waals surface area contributed by atoms with Crippen LogP contribution < -0.4 is 21.8 Å². The molecule has 7 heteroatoms. The van der Waals surface area contributed by atoms with Crippen LogP contribution in [0.15, 0.2) is 35.1 Å². The van der Waals surface area contributed by atoms with Crippen LogP contribution in [0.3, 0.4) is 0 Å². The number of aromatic amines is 1. The molecule has 0 spiro atoms. The molecule has 2 heterocycles. The highest BCUT2D eigenvalue weighted by atomic mass is 32.1. The predicted molar refractivity (Wildman–Crippen MR) is 112 cm³/mol. The van der Waals surface area contributed by atoms with Gasteiger partial charge in [-0.3, -0.25) is 14.6 Å². The summed E-state index contributed by atoms with van der Waals surface area (Å²) in [7, 11) is 0. The second-order valence-corrected chi connectivity index (χ2v) is 7.36. The molecule has 4 aromatic rings. The highest BCUT2D eigenvalue weighted by molar-refractivity contribution is 7.25. The van der Waals surface area contributed by atoms with E-state index in [0.29, 0.717) is 13.1 Å². The number of likely N-dealkylation sites (N-methyl/N-ethyl adjacent to an activating group) is 1. The van der Waals surface area contributed by atoms with Gasteiger partial charge in [-0.15, -0.1) is 11.3 Å². The van der Waals surface area contributed by atoms with E-state index >= 15 is 0 Å². The fourth-order valence-corrected chi connectivity index (χ4v) is 4.62. The normalized spacial score (nSPS) is 11.8. The minimum atomic E-state index is 0.0370. The summed E-state index contributed by atoms with van der Waals surface area (Å²) in [6.45, 7) is 6.12. The molecule has 0 aliphatic rings. The van der Waals surface area contributed by atoms with Crippen molar-refractivity contribution in [1.29, 1.82) is 0 Å². The second kappa shape index (κ2) is 7.11. The molecule has 0 unspecified atom stereocenters. The third kappa shape index (κ3) is 2.88. The number of H-pyrrole nitrogens is 1. The van der Waals surface area contributed by atoms with E-state index in [1.807, 2.05) is 6.07 Å². The van der Waals surface area contributed by atoms with Gasteiger partial charge >= 0.3 is 0 Å². The van der Waals surface area contributed by atoms with Crippen LogP contribution in [0.1, 0.15) is 6.92 Å². The Balaban J connectivity index is 1.99. The number of aromatic nitrogens is 2. The largest absolute Gasteiger partial charge is 0.383 e. The van der Waals surface area contributed by atoms with Crippen LogP contribution >= 0.6 is 11.3 Å². The zero-order valence-corrected chi connectivity index (χ0v) is 15.6. The van der Waals surface area contributed by atoms with Gasteiger partial charge in [0, 0.05) is 41.2 Å². The average molecular weight is 369 g/mol. The highest BCUT2D eigenvalue weighted by Crippen LogP contribution is 2.40. The van der Waals surface area contributed by atoms with E-state index in [4.69, 9.17) is 5.73 Å². The molecule has 2 aromatic heterocycles. The van der Waals surface area contributed by atoms with Crippen molar-refractivity contribution in [3.05, 3.63) is 40.6 Å². The van der Waals surface area contributed by atoms with Gasteiger partial charge in [0.2, 0.25) is 0 Å². The lowest BCUT2D eigenvalue weighted by Gasteiger charge is -2.10. The number of nitrogens with two attached hydrogens (primary N) is 1. The molecular weight excluding hydrogens is 346 g/mol. The van der Waals surface area contributed by atoms with Crippen molar-refractivity contribution in [3.8, 4) is 0 Å². The summed E-state index contributed by atoms with van der Waals surface area (Å²) in [5.41, 5.74) is 9.02. The lowest BCUT2D eigenvalue weighted by molar-refractivity contribution is 0.583. The molecule has 2 aromatic carbocycles. The van der Waals surface area contributed by atoms with Gasteiger partial charge in [-0.1, -0.05) is 6.92 Å². The third-order valence-electron chi connectivity index (χ3n) is 4.58. The van der Waals surface area contributed by atoms with Crippen molar-refractivity contribution in [2.45, 2.75) is 13.5 Å². The third-order valence-corrected chi connectivity index (χ3v) is 5.77. The van der Waals surface area contributed by atoms with Gasteiger partial charge in [0.1, 0.15) is 0 Å². The van der Waals surface area contributed by atoms with Gasteiger partial charge in [-0.25, -0.2) is 0 Å². The maximum atomic E-state index is 11.9. The van der Waals surface area contributed by atoms with Gasteiger partial charge in [0.05, 0.1) is 28.0 Å². The maximum absolute atomic E-state index is 11.9. The van der Waals surface area contributed by atoms with E-state index in [0.717, 1.165) is 45.6 Å². The summed E-state index contributed by atoms with van der Waals surface area (Å²) >= 11 is 1.66. The Hall–Kier alpha value is -2.35. The predicted octanol–water partition coefficient (Wildman–Crippen LogP) is 2.68. The Morgan fingerprint density at radius 1 is 1.23 bits per heavy atom. The maximum Gasteiger partial charge on any atom is 0.180 e. The average Bonchev–Trinajstić information content (AvgIpc) is 3.01. The molecule has 0 atom stereocenters. The van der Waals surface area contributed by atoms with E-state index in [2.05, 4.69) is 39.5 Å². The van der Waals surface area contributed by atoms with Crippen LogP contribution in [0.25, 0.3) is 31.2 Å². The second-order valence-electron chi connectivity index (χ2n) is 6.30. The fourth-order valence-electron chi connectivity index (χ4n) is 3.38. The van der Waals surface area contributed by atoms with Crippen molar-refractivity contribution in [3.63, 3.8) is 0 Å². The molecule has 0 aliphatic heterocycles. The van der Waals surface area contributed by atoms with Crippen molar-refractivity contribution in [2.75, 3.05) is 31.5 Å². The standard InChI is InChI=1S/C19H23N5OS/c1-2-21-9-10-24-15-6-5-14(22-8-7-20)19-17(15)18(23-24)13-4-3-12(25)11-16(13)26-19/h3-6,11,21-23H,2,7-10,20H2,1H3. The first kappa shape index (κ1) is 17.1. The van der Waals surface area contributed by atoms with Gasteiger partial charge in [-0.05, 0) is 30.8 Å². The lowest BCUT2D eigenvalue weighted by Crippen LogP contribution is -2.19. The molecule has 0 amide bonds. The summed E-state index contributed by atoms with van der Waals surface area (Å²) < 4.78 is 4.33. The summed E-state index contributed by atoms with van der Waals surface area (Å²) in [6, 6.07) is 9.53. The van der Waals surface area contributed by atoms with Crippen LogP contribution in [0.2, 0.25) is 0 Å². The minimum absolute atomic E-state index is 0.0370. The van der Waals surface area contributed by atoms with Gasteiger partial charge in [0.15, 0.2) is 5.43 Å². The number of hydrogen-bond acceptors (Lipinski definition) is 5. The Bertz CT molecular complexity index is 1120. The number of anilines is 1. The summed E-state index contributed by atoms with van der Waals surface area (Å²) in [5.74, 6) is 0. The van der Waals surface area contributed by atoms with Gasteiger partial charge < -0.3 is 16.4 Å². The number of nitrogens with one attached hydrogen (secondary N) is 3. The molecule has 0 saturated heterocycles. The molecule has 136 valence electrons. The Morgan fingerprint density at radius 2 is 2.12 bits per heavy atom. The molecule has 5 N–H and O–H groups in total. The van der Waals surface area contributed by atoms with Crippen LogP contribution in [0.5, 0.6) is 0 Å². The first-order chi connectivity index (χ1) is 12.7. The van der Waals surface area contributed by atoms with Gasteiger partial charge in [-0.2, -0.15) is 0 Å². The number of benzene rings is 2. The minimum Gasteiger partial charge on any atom is -0.383 e. The quantitative estimate of drug-likeness (QED) is 0.298. The Labute approximate surface area is 155 Å². The molecule has 4 rings (SSSR count). The van der Waals surface area contributed by atoms with Crippen molar-refractivity contribution >= 4 is 48.2 Å². The fraction of sp³-hybridized carbons (Fsp3) is 0.316. The molecule has 0 aliphatic carbocycles. The van der Waals surface area contributed by atoms with Crippen LogP contribution in [0, 0.1) is 0 Å². The van der Waals surface area contributed by atoms with Crippen molar-refractivity contribution in [1.82, 2.24) is 15.1 Å². The topological polar surface area (TPSA) is 87.9 Å². The van der Waals surface area contributed by atoms with E-state index in [1.54, 1.807) is 23.5 Å². The van der Waals surface area contributed by atoms with Gasteiger partial charge in [0.25, 0.3) is 0 Å². The first-order valence-corrected chi connectivity index (χ1v) is 9.77. The molecule has 26 heavy (non-hydrogen) atoms. The molecule has 6 nitrogen and oxygen atoms in total. The van der Waals surface area contributed by atoms with E-state index in [1.165, 1.54) is 10.9 Å². The monoisotopic (exact) mass is 369 g/mol. The summed E-state index contributed by atoms with van der Waals surface area (Å²) in [5, 5.41) is 12.6. The van der Waals surface area contributed by atoms with E-state index < -0.39 is 0 Å². The van der Waals surface area contributed by atoms with Crippen LogP contribution in [-0.2, 0) is 6.54 Å². The number of fused-ring (bicyclic) bond motifs is 2. The highest BCUT2D eigenvalue weighted by Gasteiger charge is 2.16. The SMILES string of the molecule is CCNCCn1[nH]c2c3ccc(=O)cc3sc3c(NCCN)ccc1c32. The molecule has 0 fully saturated rings. The first-order valence-electron chi connectivity index (χ1n) is 8.95. The smallest absolute Gasteiger partial charge is 0.180 e. The van der Waals surface area contributed by atoms with Crippen molar-refractivity contribution in [2.24, 2.45) is 5.73 Å². The lowest BCUT2D eigenvalue weighted by atomic mass is 10.1. The number of nitrogens with zero attached hydrogens (tertiary/aromatic N) is 1.